The van der Waals surface area contributed by atoms with Gasteiger partial charge in [-0.25, -0.2) is 22.7 Å². The molecule has 3 aliphatic rings. The first-order valence-electron chi connectivity index (χ1n) is 13.5. The van der Waals surface area contributed by atoms with Crippen LogP contribution in [0.5, 0.6) is 0 Å². The summed E-state index contributed by atoms with van der Waals surface area (Å²) >= 11 is 0. The molecule has 3 fully saturated rings. The smallest absolute Gasteiger partial charge is 0.251 e. The predicted molar refractivity (Wildman–Crippen MR) is 148 cm³/mol. The van der Waals surface area contributed by atoms with Crippen LogP contribution in [0.3, 0.4) is 0 Å². The van der Waals surface area contributed by atoms with Gasteiger partial charge in [0.25, 0.3) is 5.92 Å². The lowest BCUT2D eigenvalue weighted by molar-refractivity contribution is -0.0221. The Balaban J connectivity index is 1.26. The van der Waals surface area contributed by atoms with E-state index >= 15 is 0 Å². The van der Waals surface area contributed by atoms with Gasteiger partial charge in [-0.1, -0.05) is 11.3 Å². The second-order valence-corrected chi connectivity index (χ2v) is 12.1. The number of aliphatic hydroxyl groups is 1. The molecule has 1 unspecified atom stereocenters. The summed E-state index contributed by atoms with van der Waals surface area (Å²) in [7, 11) is -1.37. The third kappa shape index (κ3) is 5.76. The molecule has 0 bridgehead atoms. The van der Waals surface area contributed by atoms with E-state index in [9.17, 15) is 13.0 Å². The fraction of sp³-hybridized carbons (Fsp3) is 0.519. The normalized spacial score (nSPS) is 20.7. The highest BCUT2D eigenvalue weighted by molar-refractivity contribution is 7.86. The molecule has 6 rings (SSSR count). The molecule has 2 saturated heterocycles. The highest BCUT2D eigenvalue weighted by Gasteiger charge is 2.44. The van der Waals surface area contributed by atoms with E-state index in [1.165, 1.54) is 12.8 Å². The topological polar surface area (TPSA) is 99.4 Å². The minimum Gasteiger partial charge on any atom is -0.395 e. The van der Waals surface area contributed by atoms with E-state index in [4.69, 9.17) is 10.1 Å². The quantitative estimate of drug-likeness (QED) is 0.432. The van der Waals surface area contributed by atoms with Crippen molar-refractivity contribution in [1.29, 1.82) is 0 Å². The number of nitrogens with zero attached hydrogens (tertiary/aromatic N) is 6. The summed E-state index contributed by atoms with van der Waals surface area (Å²) < 4.78 is 44.2. The molecule has 12 heteroatoms. The summed E-state index contributed by atoms with van der Waals surface area (Å²) in [6.07, 6.45) is 6.42. The standard InChI is InChI=1S/C27H33F2N7O2S/c28-27(29)10-14-35(15-11-27)25-3-1-2-21(30-25)22-19-36(33-31-22)23-5-4-20(32-39(38)17-16-37)18-24(23)34-12-8-26(6-7-26)9-13-34/h1-5,18-19,32,37H,6-17H2. The molecule has 2 aromatic heterocycles. The van der Waals surface area contributed by atoms with Gasteiger partial charge in [0.2, 0.25) is 0 Å². The van der Waals surface area contributed by atoms with Crippen molar-refractivity contribution in [2.75, 3.05) is 53.1 Å². The molecule has 0 amide bonds. The van der Waals surface area contributed by atoms with E-state index in [-0.39, 0.29) is 38.3 Å². The van der Waals surface area contributed by atoms with Crippen LogP contribution in [-0.4, -0.2) is 73.8 Å². The number of benzene rings is 1. The number of piperidine rings is 2. The van der Waals surface area contributed by atoms with Gasteiger partial charge in [-0.2, -0.15) is 0 Å². The van der Waals surface area contributed by atoms with Crippen LogP contribution in [0.1, 0.15) is 38.5 Å². The first-order valence-corrected chi connectivity index (χ1v) is 14.8. The Morgan fingerprint density at radius 2 is 1.67 bits per heavy atom. The van der Waals surface area contributed by atoms with Crippen LogP contribution in [0.4, 0.5) is 26.0 Å². The molecular weight excluding hydrogens is 524 g/mol. The Morgan fingerprint density at radius 1 is 0.923 bits per heavy atom. The van der Waals surface area contributed by atoms with Gasteiger partial charge >= 0.3 is 0 Å². The zero-order valence-electron chi connectivity index (χ0n) is 21.7. The molecule has 208 valence electrons. The summed E-state index contributed by atoms with van der Waals surface area (Å²) in [6.45, 7) is 2.26. The van der Waals surface area contributed by atoms with Crippen molar-refractivity contribution >= 4 is 28.2 Å². The average Bonchev–Trinajstić information content (AvgIpc) is 3.49. The Morgan fingerprint density at radius 3 is 2.38 bits per heavy atom. The fourth-order valence-electron chi connectivity index (χ4n) is 5.50. The molecule has 1 spiro atoms. The van der Waals surface area contributed by atoms with Crippen LogP contribution in [-0.2, 0) is 11.0 Å². The molecular formula is C27H33F2N7O2S. The number of pyridine rings is 1. The molecule has 0 radical (unpaired) electrons. The highest BCUT2D eigenvalue weighted by atomic mass is 32.2. The molecule has 1 atom stereocenters. The monoisotopic (exact) mass is 557 g/mol. The summed E-state index contributed by atoms with van der Waals surface area (Å²) in [5.74, 6) is -1.80. The van der Waals surface area contributed by atoms with Gasteiger partial charge in [-0.15, -0.1) is 5.10 Å². The second kappa shape index (κ2) is 10.5. The van der Waals surface area contributed by atoms with Crippen molar-refractivity contribution in [3.8, 4) is 17.1 Å². The first-order chi connectivity index (χ1) is 18.8. The van der Waals surface area contributed by atoms with Gasteiger partial charge in [0.1, 0.15) is 22.5 Å². The zero-order valence-corrected chi connectivity index (χ0v) is 22.5. The molecule has 2 aliphatic heterocycles. The Labute approximate surface area is 228 Å². The van der Waals surface area contributed by atoms with E-state index < -0.39 is 16.9 Å². The molecule has 1 aliphatic carbocycles. The average molecular weight is 558 g/mol. The number of halogens is 2. The van der Waals surface area contributed by atoms with Crippen LogP contribution < -0.4 is 14.5 Å². The summed E-state index contributed by atoms with van der Waals surface area (Å²) in [5, 5.41) is 17.9. The van der Waals surface area contributed by atoms with Crippen LogP contribution in [0.15, 0.2) is 42.6 Å². The third-order valence-corrected chi connectivity index (χ3v) is 9.18. The minimum atomic E-state index is -2.61. The van der Waals surface area contributed by atoms with E-state index in [1.54, 1.807) is 4.68 Å². The molecule has 9 nitrogen and oxygen atoms in total. The number of anilines is 3. The molecule has 2 N–H and O–H groups in total. The van der Waals surface area contributed by atoms with Gasteiger partial charge in [-0.05, 0) is 61.4 Å². The van der Waals surface area contributed by atoms with E-state index in [2.05, 4.69) is 19.9 Å². The Hall–Kier alpha value is -3.12. The van der Waals surface area contributed by atoms with E-state index in [1.807, 2.05) is 47.5 Å². The number of hydrogen-bond acceptors (Lipinski definition) is 7. The van der Waals surface area contributed by atoms with Crippen molar-refractivity contribution in [3.05, 3.63) is 42.6 Å². The van der Waals surface area contributed by atoms with E-state index in [0.29, 0.717) is 28.3 Å². The number of aliphatic hydroxyl groups excluding tert-OH is 1. The number of aromatic nitrogens is 4. The molecule has 4 heterocycles. The maximum atomic E-state index is 13.6. The highest BCUT2D eigenvalue weighted by Crippen LogP contribution is 2.54. The Kier molecular flexibility index (Phi) is 7.00. The SMILES string of the molecule is O=S(CCO)Nc1ccc(-n2cc(-c3cccc(N4CCC(F)(F)CC4)n3)nn2)c(N2CCC3(CC2)CC3)c1. The van der Waals surface area contributed by atoms with Crippen molar-refractivity contribution in [1.82, 2.24) is 20.0 Å². The summed E-state index contributed by atoms with van der Waals surface area (Å²) in [5.41, 5.74) is 4.29. The largest absolute Gasteiger partial charge is 0.395 e. The van der Waals surface area contributed by atoms with Crippen molar-refractivity contribution < 1.29 is 18.1 Å². The van der Waals surface area contributed by atoms with Crippen LogP contribution in [0.25, 0.3) is 17.1 Å². The van der Waals surface area contributed by atoms with Gasteiger partial charge in [0.05, 0.1) is 35.6 Å². The number of rotatable bonds is 8. The lowest BCUT2D eigenvalue weighted by Crippen LogP contribution is -2.39. The maximum absolute atomic E-state index is 13.6. The van der Waals surface area contributed by atoms with E-state index in [0.717, 1.165) is 37.3 Å². The number of alkyl halides is 2. The number of nitrogens with one attached hydrogen (secondary N) is 1. The van der Waals surface area contributed by atoms with Crippen LogP contribution in [0, 0.1) is 5.41 Å². The molecule has 1 saturated carbocycles. The van der Waals surface area contributed by atoms with Crippen molar-refractivity contribution in [2.24, 2.45) is 5.41 Å². The van der Waals surface area contributed by atoms with Crippen molar-refractivity contribution in [3.63, 3.8) is 0 Å². The predicted octanol–water partition coefficient (Wildman–Crippen LogP) is 4.01. The fourth-order valence-corrected chi connectivity index (χ4v) is 6.16. The second-order valence-electron chi connectivity index (χ2n) is 10.8. The minimum absolute atomic E-state index is 0.153. The summed E-state index contributed by atoms with van der Waals surface area (Å²) in [6, 6.07) is 11.3. The van der Waals surface area contributed by atoms with Gasteiger partial charge < -0.3 is 19.6 Å². The lowest BCUT2D eigenvalue weighted by atomic mass is 9.93. The Bertz CT molecular complexity index is 1340. The molecule has 1 aromatic carbocycles. The van der Waals surface area contributed by atoms with Gasteiger partial charge in [-0.3, -0.25) is 0 Å². The maximum Gasteiger partial charge on any atom is 0.251 e. The van der Waals surface area contributed by atoms with Crippen LogP contribution in [0.2, 0.25) is 0 Å². The first kappa shape index (κ1) is 26.1. The number of hydrogen-bond donors (Lipinski definition) is 2. The molecule has 3 aromatic rings. The molecule has 39 heavy (non-hydrogen) atoms. The lowest BCUT2D eigenvalue weighted by Gasteiger charge is -2.35. The van der Waals surface area contributed by atoms with Gasteiger partial charge in [0.15, 0.2) is 0 Å². The van der Waals surface area contributed by atoms with Crippen LogP contribution >= 0.6 is 0 Å². The third-order valence-electron chi connectivity index (χ3n) is 8.16. The zero-order chi connectivity index (χ0) is 27.0. The van der Waals surface area contributed by atoms with Gasteiger partial charge in [0, 0.05) is 44.7 Å². The van der Waals surface area contributed by atoms with Crippen molar-refractivity contribution in [2.45, 2.75) is 44.4 Å². The summed E-state index contributed by atoms with van der Waals surface area (Å²) in [4.78, 5) is 8.95.